The predicted molar refractivity (Wildman–Crippen MR) is 88.5 cm³/mol. The maximum Gasteiger partial charge on any atom is 0.254 e. The molecule has 2 atom stereocenters. The summed E-state index contributed by atoms with van der Waals surface area (Å²) >= 11 is 6.29. The zero-order valence-electron chi connectivity index (χ0n) is 13.2. The van der Waals surface area contributed by atoms with Crippen LogP contribution in [0.1, 0.15) is 48.9 Å². The van der Waals surface area contributed by atoms with Crippen molar-refractivity contribution in [3.05, 3.63) is 22.7 Å². The fourth-order valence-electron chi connectivity index (χ4n) is 4.28. The van der Waals surface area contributed by atoms with Crippen molar-refractivity contribution in [3.63, 3.8) is 0 Å². The highest BCUT2D eigenvalue weighted by Crippen LogP contribution is 2.40. The molecule has 0 N–H and O–H groups in total. The molecule has 2 fully saturated rings. The maximum absolute atomic E-state index is 13.1. The van der Waals surface area contributed by atoms with Crippen LogP contribution in [0.4, 0.5) is 0 Å². The zero-order chi connectivity index (χ0) is 15.8. The van der Waals surface area contributed by atoms with Gasteiger partial charge in [-0.25, -0.2) is 0 Å². The van der Waals surface area contributed by atoms with Crippen LogP contribution in [0.25, 0.3) is 0 Å². The number of piperidine rings is 1. The highest BCUT2D eigenvalue weighted by molar-refractivity contribution is 6.32. The normalized spacial score (nSPS) is 26.6. The molecule has 4 nitrogen and oxygen atoms in total. The van der Waals surface area contributed by atoms with Crippen molar-refractivity contribution in [3.8, 4) is 11.5 Å². The number of hydrogen-bond donors (Lipinski definition) is 0. The lowest BCUT2D eigenvalue weighted by Gasteiger charge is -2.44. The molecule has 1 aromatic rings. The molecule has 5 heteroatoms. The molecule has 2 aliphatic heterocycles. The Labute approximate surface area is 141 Å². The first-order chi connectivity index (χ1) is 11.2. The minimum absolute atomic E-state index is 0.0838. The van der Waals surface area contributed by atoms with E-state index < -0.39 is 0 Å². The summed E-state index contributed by atoms with van der Waals surface area (Å²) in [5.41, 5.74) is 0.616. The van der Waals surface area contributed by atoms with Crippen LogP contribution in [0.2, 0.25) is 5.02 Å². The van der Waals surface area contributed by atoms with Crippen LogP contribution in [-0.4, -0.2) is 36.6 Å². The van der Waals surface area contributed by atoms with Gasteiger partial charge in [0.2, 0.25) is 0 Å². The number of amides is 1. The van der Waals surface area contributed by atoms with Crippen molar-refractivity contribution in [1.29, 1.82) is 0 Å². The van der Waals surface area contributed by atoms with Gasteiger partial charge >= 0.3 is 0 Å². The summed E-state index contributed by atoms with van der Waals surface area (Å²) in [5, 5.41) is 0.461. The number of benzene rings is 1. The third-order valence-corrected chi connectivity index (χ3v) is 5.63. The number of halogens is 1. The van der Waals surface area contributed by atoms with Gasteiger partial charge in [0.25, 0.3) is 5.91 Å². The van der Waals surface area contributed by atoms with Gasteiger partial charge in [-0.05, 0) is 43.7 Å². The fourth-order valence-corrected chi connectivity index (χ4v) is 4.54. The van der Waals surface area contributed by atoms with Gasteiger partial charge in [0.05, 0.1) is 5.02 Å². The van der Waals surface area contributed by atoms with E-state index in [1.165, 1.54) is 25.7 Å². The Morgan fingerprint density at radius 2 is 1.87 bits per heavy atom. The summed E-state index contributed by atoms with van der Waals surface area (Å²) < 4.78 is 11.1. The lowest BCUT2D eigenvalue weighted by molar-refractivity contribution is 0.0390. The largest absolute Gasteiger partial charge is 0.486 e. The molecule has 1 saturated heterocycles. The summed E-state index contributed by atoms with van der Waals surface area (Å²) in [7, 11) is 0. The predicted octanol–water partition coefficient (Wildman–Crippen LogP) is 3.91. The number of likely N-dealkylation sites (tertiary alicyclic amines) is 1. The molecule has 0 radical (unpaired) electrons. The minimum atomic E-state index is 0.0838. The van der Waals surface area contributed by atoms with Crippen LogP contribution in [0.15, 0.2) is 12.1 Å². The number of nitrogens with zero attached hydrogens (tertiary/aromatic N) is 1. The molecule has 1 aliphatic carbocycles. The molecule has 3 aliphatic rings. The average molecular weight is 336 g/mol. The van der Waals surface area contributed by atoms with Crippen molar-refractivity contribution in [2.75, 3.05) is 19.8 Å². The number of carbonyl (C=O) groups excluding carboxylic acids is 1. The van der Waals surface area contributed by atoms with E-state index in [-0.39, 0.29) is 5.91 Å². The Balaban J connectivity index is 1.62. The van der Waals surface area contributed by atoms with Crippen LogP contribution in [0.3, 0.4) is 0 Å². The molecule has 4 rings (SSSR count). The van der Waals surface area contributed by atoms with Crippen molar-refractivity contribution in [2.24, 2.45) is 5.92 Å². The standard InChI is InChI=1S/C18H22ClNO3/c19-14-10-13(11-16-17(14)23-9-8-22-16)18(21)20-7-3-5-12-4-1-2-6-15(12)20/h10-12,15H,1-9H2. The lowest BCUT2D eigenvalue weighted by atomic mass is 9.78. The molecular formula is C18H22ClNO3. The number of ether oxygens (including phenoxy) is 2. The summed E-state index contributed by atoms with van der Waals surface area (Å²) in [6, 6.07) is 3.91. The van der Waals surface area contributed by atoms with Crippen molar-refractivity contribution in [2.45, 2.75) is 44.6 Å². The second-order valence-electron chi connectivity index (χ2n) is 6.73. The van der Waals surface area contributed by atoms with Crippen molar-refractivity contribution >= 4 is 17.5 Å². The Hall–Kier alpha value is -1.42. The summed E-state index contributed by atoms with van der Waals surface area (Å²) in [6.07, 6.45) is 7.29. The van der Waals surface area contributed by atoms with Gasteiger partial charge in [0.15, 0.2) is 11.5 Å². The SMILES string of the molecule is O=C(c1cc(Cl)c2c(c1)OCCO2)N1CCCC2CCCCC21. The second kappa shape index (κ2) is 6.23. The van der Waals surface area contributed by atoms with E-state index in [4.69, 9.17) is 21.1 Å². The smallest absolute Gasteiger partial charge is 0.254 e. The van der Waals surface area contributed by atoms with Crippen LogP contribution in [-0.2, 0) is 0 Å². The number of fused-ring (bicyclic) bond motifs is 2. The fraction of sp³-hybridized carbons (Fsp3) is 0.611. The molecular weight excluding hydrogens is 314 g/mol. The first-order valence-corrected chi connectivity index (χ1v) is 9.02. The third-order valence-electron chi connectivity index (χ3n) is 5.35. The molecule has 2 unspecified atom stereocenters. The first kappa shape index (κ1) is 15.1. The van der Waals surface area contributed by atoms with E-state index in [1.807, 2.05) is 0 Å². The van der Waals surface area contributed by atoms with E-state index >= 15 is 0 Å². The van der Waals surface area contributed by atoms with Gasteiger partial charge < -0.3 is 14.4 Å². The monoisotopic (exact) mass is 335 g/mol. The van der Waals surface area contributed by atoms with Crippen LogP contribution < -0.4 is 9.47 Å². The highest BCUT2D eigenvalue weighted by atomic mass is 35.5. The molecule has 2 heterocycles. The summed E-state index contributed by atoms with van der Waals surface area (Å²) in [6.45, 7) is 1.84. The van der Waals surface area contributed by atoms with E-state index in [0.717, 1.165) is 19.4 Å². The highest BCUT2D eigenvalue weighted by Gasteiger charge is 2.36. The number of rotatable bonds is 1. The summed E-state index contributed by atoms with van der Waals surface area (Å²) in [4.78, 5) is 15.1. The molecule has 1 aromatic carbocycles. The van der Waals surface area contributed by atoms with Gasteiger partial charge in [-0.15, -0.1) is 0 Å². The lowest BCUT2D eigenvalue weighted by Crippen LogP contribution is -2.49. The van der Waals surface area contributed by atoms with Crippen LogP contribution in [0, 0.1) is 5.92 Å². The van der Waals surface area contributed by atoms with Crippen molar-refractivity contribution < 1.29 is 14.3 Å². The topological polar surface area (TPSA) is 38.8 Å². The molecule has 0 aromatic heterocycles. The molecule has 1 amide bonds. The van der Waals surface area contributed by atoms with E-state index in [9.17, 15) is 4.79 Å². The van der Waals surface area contributed by atoms with Crippen LogP contribution >= 0.6 is 11.6 Å². The van der Waals surface area contributed by atoms with Gasteiger partial charge in [-0.1, -0.05) is 24.4 Å². The van der Waals surface area contributed by atoms with Gasteiger partial charge in [-0.2, -0.15) is 0 Å². The Morgan fingerprint density at radius 1 is 1.09 bits per heavy atom. The zero-order valence-corrected chi connectivity index (χ0v) is 14.0. The Bertz CT molecular complexity index is 617. The van der Waals surface area contributed by atoms with Crippen molar-refractivity contribution in [1.82, 2.24) is 4.90 Å². The van der Waals surface area contributed by atoms with Crippen LogP contribution in [0.5, 0.6) is 11.5 Å². The van der Waals surface area contributed by atoms with E-state index in [1.54, 1.807) is 12.1 Å². The van der Waals surface area contributed by atoms with Gasteiger partial charge in [0, 0.05) is 18.2 Å². The molecule has 124 valence electrons. The Kier molecular flexibility index (Phi) is 4.10. The molecule has 0 spiro atoms. The Morgan fingerprint density at radius 3 is 2.78 bits per heavy atom. The maximum atomic E-state index is 13.1. The van der Waals surface area contributed by atoms with E-state index in [2.05, 4.69) is 4.90 Å². The number of carbonyl (C=O) groups is 1. The number of hydrogen-bond acceptors (Lipinski definition) is 3. The average Bonchev–Trinajstić information content (AvgIpc) is 2.60. The first-order valence-electron chi connectivity index (χ1n) is 8.64. The molecule has 0 bridgehead atoms. The van der Waals surface area contributed by atoms with Gasteiger partial charge in [0.1, 0.15) is 13.2 Å². The molecule has 23 heavy (non-hydrogen) atoms. The quantitative estimate of drug-likeness (QED) is 0.781. The second-order valence-corrected chi connectivity index (χ2v) is 7.14. The van der Waals surface area contributed by atoms with E-state index in [0.29, 0.717) is 47.3 Å². The molecule has 1 saturated carbocycles. The summed E-state index contributed by atoms with van der Waals surface area (Å²) in [5.74, 6) is 1.91. The minimum Gasteiger partial charge on any atom is -0.486 e. The third kappa shape index (κ3) is 2.78. The van der Waals surface area contributed by atoms with Gasteiger partial charge in [-0.3, -0.25) is 4.79 Å².